The number of rotatable bonds is 9. The Hall–Kier alpha value is -4.43. The normalized spacial score (nSPS) is 14.6. The molecule has 5 rings (SSSR count). The van der Waals surface area contributed by atoms with Gasteiger partial charge in [-0.15, -0.1) is 0 Å². The summed E-state index contributed by atoms with van der Waals surface area (Å²) in [4.78, 5) is 26.9. The zero-order valence-corrected chi connectivity index (χ0v) is 26.3. The van der Waals surface area contributed by atoms with E-state index in [4.69, 9.17) is 9.84 Å². The Morgan fingerprint density at radius 2 is 1.61 bits per heavy atom. The highest BCUT2D eigenvalue weighted by Crippen LogP contribution is 2.34. The zero-order chi connectivity index (χ0) is 31.3. The predicted octanol–water partition coefficient (Wildman–Crippen LogP) is 7.03. The van der Waals surface area contributed by atoms with Crippen LogP contribution in [0.25, 0.3) is 5.69 Å². The first kappa shape index (κ1) is 31.0. The number of anilines is 2. The first-order valence-electron chi connectivity index (χ1n) is 15.3. The fourth-order valence-corrected chi connectivity index (χ4v) is 5.72. The van der Waals surface area contributed by atoms with E-state index in [9.17, 15) is 9.59 Å². The van der Waals surface area contributed by atoms with Gasteiger partial charge in [-0.05, 0) is 86.3 Å². The Bertz CT molecular complexity index is 1560. The SMILES string of the molecule is COc1ccc(CC(=O)C(c2ccc(NC(=O)Nc3cc(C(C)(C)C)nn3-c3ccc(C)cc3)cc2)C2CCNCC2)cc1. The number of piperidine rings is 1. The standard InChI is InChI=1S/C36H43N5O3/c1-24-6-14-29(15-7-24)41-33(23-32(40-41)36(2,3)4)39-35(43)38-28-12-10-26(11-13-28)34(27-18-20-37-21-19-27)31(42)22-25-8-16-30(44-5)17-9-25/h6-17,23,27,34,37H,18-22H2,1-5H3,(H2,38,39,43). The third kappa shape index (κ3) is 7.55. The summed E-state index contributed by atoms with van der Waals surface area (Å²) in [5.74, 6) is 1.63. The number of urea groups is 1. The van der Waals surface area contributed by atoms with Gasteiger partial charge in [0.2, 0.25) is 0 Å². The number of hydrogen-bond donors (Lipinski definition) is 3. The highest BCUT2D eigenvalue weighted by molar-refractivity contribution is 5.99. The van der Waals surface area contributed by atoms with E-state index >= 15 is 0 Å². The number of aromatic nitrogens is 2. The van der Waals surface area contributed by atoms with Crippen molar-refractivity contribution in [1.29, 1.82) is 0 Å². The Morgan fingerprint density at radius 1 is 0.955 bits per heavy atom. The quantitative estimate of drug-likeness (QED) is 0.194. The van der Waals surface area contributed by atoms with Crippen LogP contribution in [0.3, 0.4) is 0 Å². The van der Waals surface area contributed by atoms with Gasteiger partial charge in [0.05, 0.1) is 18.5 Å². The second-order valence-corrected chi connectivity index (χ2v) is 12.7. The second-order valence-electron chi connectivity index (χ2n) is 12.7. The molecule has 3 N–H and O–H groups in total. The van der Waals surface area contributed by atoms with E-state index in [-0.39, 0.29) is 29.1 Å². The number of ether oxygens (including phenoxy) is 1. The number of amides is 2. The van der Waals surface area contributed by atoms with Crippen LogP contribution in [0.4, 0.5) is 16.3 Å². The minimum absolute atomic E-state index is 0.186. The Kier molecular flexibility index (Phi) is 9.49. The number of hydrogen-bond acceptors (Lipinski definition) is 5. The molecule has 1 unspecified atom stereocenters. The number of methoxy groups -OCH3 is 1. The van der Waals surface area contributed by atoms with Crippen LogP contribution in [0.1, 0.15) is 61.9 Å². The molecule has 1 saturated heterocycles. The molecule has 0 saturated carbocycles. The number of nitrogens with one attached hydrogen (secondary N) is 3. The molecule has 44 heavy (non-hydrogen) atoms. The van der Waals surface area contributed by atoms with Gasteiger partial charge < -0.3 is 15.4 Å². The fourth-order valence-electron chi connectivity index (χ4n) is 5.72. The summed E-state index contributed by atoms with van der Waals surface area (Å²) in [6.07, 6.45) is 2.27. The van der Waals surface area contributed by atoms with Crippen LogP contribution in [-0.2, 0) is 16.6 Å². The minimum atomic E-state index is -0.364. The summed E-state index contributed by atoms with van der Waals surface area (Å²) in [6.45, 7) is 10.1. The van der Waals surface area contributed by atoms with E-state index in [1.54, 1.807) is 11.8 Å². The van der Waals surface area contributed by atoms with Crippen molar-refractivity contribution in [2.75, 3.05) is 30.8 Å². The number of nitrogens with zero attached hydrogens (tertiary/aromatic N) is 2. The van der Waals surface area contributed by atoms with E-state index in [1.165, 1.54) is 0 Å². The van der Waals surface area contributed by atoms with E-state index in [0.29, 0.717) is 17.9 Å². The highest BCUT2D eigenvalue weighted by Gasteiger charge is 2.31. The summed E-state index contributed by atoms with van der Waals surface area (Å²) in [5.41, 5.74) is 5.31. The van der Waals surface area contributed by atoms with Crippen molar-refractivity contribution in [2.24, 2.45) is 5.92 Å². The molecule has 1 aliphatic heterocycles. The largest absolute Gasteiger partial charge is 0.497 e. The molecule has 4 aromatic rings. The van der Waals surface area contributed by atoms with E-state index in [2.05, 4.69) is 36.7 Å². The van der Waals surface area contributed by atoms with Gasteiger partial charge in [0.15, 0.2) is 0 Å². The lowest BCUT2D eigenvalue weighted by Gasteiger charge is -2.30. The molecule has 0 bridgehead atoms. The Balaban J connectivity index is 1.31. The molecule has 0 aliphatic carbocycles. The molecule has 230 valence electrons. The van der Waals surface area contributed by atoms with E-state index < -0.39 is 0 Å². The van der Waals surface area contributed by atoms with Crippen molar-refractivity contribution >= 4 is 23.3 Å². The summed E-state index contributed by atoms with van der Waals surface area (Å²) >= 11 is 0. The lowest BCUT2D eigenvalue weighted by molar-refractivity contribution is -0.121. The van der Waals surface area contributed by atoms with Gasteiger partial charge in [0, 0.05) is 29.5 Å². The van der Waals surface area contributed by atoms with Gasteiger partial charge in [-0.2, -0.15) is 5.10 Å². The van der Waals surface area contributed by atoms with Gasteiger partial charge >= 0.3 is 6.03 Å². The molecule has 8 nitrogen and oxygen atoms in total. The summed E-state index contributed by atoms with van der Waals surface area (Å²) in [6, 6.07) is 25.0. The van der Waals surface area contributed by atoms with Crippen LogP contribution in [0.15, 0.2) is 78.9 Å². The Labute approximate surface area is 260 Å². The summed E-state index contributed by atoms with van der Waals surface area (Å²) in [7, 11) is 1.64. The molecule has 2 heterocycles. The average molecular weight is 594 g/mol. The van der Waals surface area contributed by atoms with Crippen LogP contribution in [-0.4, -0.2) is 41.8 Å². The lowest BCUT2D eigenvalue weighted by atomic mass is 9.76. The maximum atomic E-state index is 13.7. The number of carbonyl (C=O) groups excluding carboxylic acids is 2. The topological polar surface area (TPSA) is 97.3 Å². The van der Waals surface area contributed by atoms with Crippen LogP contribution >= 0.6 is 0 Å². The van der Waals surface area contributed by atoms with E-state index in [0.717, 1.165) is 59.8 Å². The van der Waals surface area contributed by atoms with Crippen LogP contribution < -0.4 is 20.7 Å². The number of ketones is 1. The van der Waals surface area contributed by atoms with Crippen LogP contribution in [0.2, 0.25) is 0 Å². The molecular formula is C36H43N5O3. The van der Waals surface area contributed by atoms with Gasteiger partial charge in [-0.3, -0.25) is 10.1 Å². The first-order chi connectivity index (χ1) is 21.1. The fraction of sp³-hybridized carbons (Fsp3) is 0.361. The highest BCUT2D eigenvalue weighted by atomic mass is 16.5. The number of Topliss-reactive ketones (excluding diaryl/α,β-unsaturated/α-hetero) is 1. The number of carbonyl (C=O) groups is 2. The number of benzene rings is 3. The van der Waals surface area contributed by atoms with Crippen LogP contribution in [0.5, 0.6) is 5.75 Å². The zero-order valence-electron chi connectivity index (χ0n) is 26.3. The first-order valence-corrected chi connectivity index (χ1v) is 15.3. The molecule has 1 fully saturated rings. The third-order valence-electron chi connectivity index (χ3n) is 8.27. The Morgan fingerprint density at radius 3 is 2.23 bits per heavy atom. The van der Waals surface area contributed by atoms with Crippen molar-refractivity contribution in [3.05, 3.63) is 101 Å². The number of aryl methyl sites for hydroxylation is 1. The van der Waals surface area contributed by atoms with Crippen molar-refractivity contribution in [2.45, 2.75) is 58.3 Å². The maximum Gasteiger partial charge on any atom is 0.324 e. The average Bonchev–Trinajstić information content (AvgIpc) is 3.44. The molecule has 1 aromatic heterocycles. The van der Waals surface area contributed by atoms with E-state index in [1.807, 2.05) is 85.8 Å². The van der Waals surface area contributed by atoms with Crippen molar-refractivity contribution < 1.29 is 14.3 Å². The molecule has 1 atom stereocenters. The molecule has 1 aliphatic rings. The minimum Gasteiger partial charge on any atom is -0.497 e. The summed E-state index contributed by atoms with van der Waals surface area (Å²) in [5, 5.41) is 14.2. The lowest BCUT2D eigenvalue weighted by Crippen LogP contribution is -2.34. The van der Waals surface area contributed by atoms with Crippen molar-refractivity contribution in [1.82, 2.24) is 15.1 Å². The molecule has 8 heteroatoms. The van der Waals surface area contributed by atoms with Gasteiger partial charge in [-0.1, -0.05) is 62.7 Å². The van der Waals surface area contributed by atoms with Crippen LogP contribution in [0, 0.1) is 12.8 Å². The monoisotopic (exact) mass is 593 g/mol. The smallest absolute Gasteiger partial charge is 0.324 e. The van der Waals surface area contributed by atoms with Gasteiger partial charge in [-0.25, -0.2) is 9.48 Å². The molecule has 0 spiro atoms. The van der Waals surface area contributed by atoms with Gasteiger partial charge in [0.25, 0.3) is 0 Å². The summed E-state index contributed by atoms with van der Waals surface area (Å²) < 4.78 is 7.04. The molecule has 3 aromatic carbocycles. The molecule has 2 amide bonds. The van der Waals surface area contributed by atoms with Gasteiger partial charge in [0.1, 0.15) is 17.4 Å². The maximum absolute atomic E-state index is 13.7. The van der Waals surface area contributed by atoms with Crippen molar-refractivity contribution in [3.63, 3.8) is 0 Å². The molecular weight excluding hydrogens is 550 g/mol. The van der Waals surface area contributed by atoms with Crippen molar-refractivity contribution in [3.8, 4) is 11.4 Å². The molecule has 0 radical (unpaired) electrons. The second kappa shape index (κ2) is 13.5. The third-order valence-corrected chi connectivity index (χ3v) is 8.27. The predicted molar refractivity (Wildman–Crippen MR) is 176 cm³/mol.